The minimum Gasteiger partial charge on any atom is -0.550 e. The van der Waals surface area contributed by atoms with E-state index in [1.807, 2.05) is 6.20 Å². The normalized spacial score (nSPS) is 10.4. The van der Waals surface area contributed by atoms with Crippen molar-refractivity contribution in [2.75, 3.05) is 6.54 Å². The van der Waals surface area contributed by atoms with Gasteiger partial charge in [0.05, 0.1) is 0 Å². The topological polar surface area (TPSA) is 52.2 Å². The van der Waals surface area contributed by atoms with Crippen molar-refractivity contribution < 1.29 is 39.5 Å². The van der Waals surface area contributed by atoms with Crippen molar-refractivity contribution in [1.29, 1.82) is 0 Å². The molecule has 0 aliphatic carbocycles. The van der Waals surface area contributed by atoms with E-state index in [9.17, 15) is 9.90 Å². The maximum Gasteiger partial charge on any atom is 1.00 e. The third-order valence-electron chi connectivity index (χ3n) is 2.93. The minimum atomic E-state index is -1.00. The van der Waals surface area contributed by atoms with E-state index in [0.29, 0.717) is 6.54 Å². The molecule has 0 bridgehead atoms. The molecule has 0 heterocycles. The molecule has 0 saturated carbocycles. The molecular weight excluding hydrogens is 249 g/mol. The first-order chi connectivity index (χ1) is 8.77. The average molecular weight is 277 g/mol. The Morgan fingerprint density at radius 3 is 2.21 bits per heavy atom. The van der Waals surface area contributed by atoms with E-state index in [1.165, 1.54) is 51.4 Å². The number of carboxylic acids is 1. The van der Waals surface area contributed by atoms with Gasteiger partial charge in [-0.15, -0.1) is 0 Å². The first-order valence-electron chi connectivity index (χ1n) is 7.35. The number of unbranched alkanes of at least 4 members (excludes halogenated alkanes) is 8. The summed E-state index contributed by atoms with van der Waals surface area (Å²) in [7, 11) is 0. The van der Waals surface area contributed by atoms with Crippen molar-refractivity contribution in [2.24, 2.45) is 0 Å². The van der Waals surface area contributed by atoms with E-state index >= 15 is 0 Å². The van der Waals surface area contributed by atoms with Gasteiger partial charge in [-0.05, 0) is 19.0 Å². The fourth-order valence-electron chi connectivity index (χ4n) is 1.82. The third kappa shape index (κ3) is 20.5. The summed E-state index contributed by atoms with van der Waals surface area (Å²) in [6.07, 6.45) is 15.8. The number of nitrogens with one attached hydrogen (secondary N) is 1. The number of carboxylic acid groups (broad SMARTS) is 1. The van der Waals surface area contributed by atoms with Gasteiger partial charge in [-0.25, -0.2) is 0 Å². The molecule has 0 spiro atoms. The quantitative estimate of drug-likeness (QED) is 0.373. The van der Waals surface area contributed by atoms with Crippen molar-refractivity contribution in [3.63, 3.8) is 0 Å². The number of carbonyl (C=O) groups excluding carboxylic acids is 1. The van der Waals surface area contributed by atoms with Crippen LogP contribution in [0.1, 0.15) is 71.1 Å². The largest absolute Gasteiger partial charge is 1.00 e. The second-order valence-corrected chi connectivity index (χ2v) is 4.74. The maximum absolute atomic E-state index is 10.1. The van der Waals surface area contributed by atoms with Crippen LogP contribution in [0.4, 0.5) is 0 Å². The van der Waals surface area contributed by atoms with Gasteiger partial charge >= 0.3 is 29.6 Å². The van der Waals surface area contributed by atoms with Crippen LogP contribution < -0.4 is 40.0 Å². The number of rotatable bonds is 13. The van der Waals surface area contributed by atoms with Crippen LogP contribution in [0, 0.1) is 0 Å². The minimum absolute atomic E-state index is 0. The second-order valence-electron chi connectivity index (χ2n) is 4.74. The van der Waals surface area contributed by atoms with E-state index in [4.69, 9.17) is 0 Å². The maximum atomic E-state index is 10.1. The van der Waals surface area contributed by atoms with Gasteiger partial charge < -0.3 is 15.2 Å². The SMILES string of the molecule is CCCCCCCCCCC=CNCCC(=O)[O-].[Na+]. The predicted octanol–water partition coefficient (Wildman–Crippen LogP) is -0.235. The Balaban J connectivity index is 0. The molecule has 0 saturated heterocycles. The van der Waals surface area contributed by atoms with Crippen molar-refractivity contribution in [3.05, 3.63) is 12.3 Å². The fraction of sp³-hybridized carbons (Fsp3) is 0.800. The molecule has 0 aromatic heterocycles. The third-order valence-corrected chi connectivity index (χ3v) is 2.93. The van der Waals surface area contributed by atoms with Crippen LogP contribution in [0.3, 0.4) is 0 Å². The Hall–Kier alpha value is 0.0100. The molecule has 19 heavy (non-hydrogen) atoms. The van der Waals surface area contributed by atoms with Crippen LogP contribution in [-0.4, -0.2) is 12.5 Å². The Morgan fingerprint density at radius 1 is 1.05 bits per heavy atom. The van der Waals surface area contributed by atoms with Crippen LogP contribution in [0.25, 0.3) is 0 Å². The Morgan fingerprint density at radius 2 is 1.63 bits per heavy atom. The molecule has 106 valence electrons. The molecule has 3 nitrogen and oxygen atoms in total. The van der Waals surface area contributed by atoms with E-state index in [-0.39, 0.29) is 36.0 Å². The summed E-state index contributed by atoms with van der Waals surface area (Å²) in [5.74, 6) is -1.00. The summed E-state index contributed by atoms with van der Waals surface area (Å²) in [6, 6.07) is 0. The van der Waals surface area contributed by atoms with E-state index < -0.39 is 5.97 Å². The number of hydrogen-bond acceptors (Lipinski definition) is 3. The molecule has 0 fully saturated rings. The van der Waals surface area contributed by atoms with Crippen LogP contribution in [-0.2, 0) is 4.79 Å². The van der Waals surface area contributed by atoms with Crippen LogP contribution in [0.15, 0.2) is 12.3 Å². The molecule has 0 unspecified atom stereocenters. The predicted molar refractivity (Wildman–Crippen MR) is 74.0 cm³/mol. The van der Waals surface area contributed by atoms with E-state index in [1.54, 1.807) is 0 Å². The van der Waals surface area contributed by atoms with Crippen molar-refractivity contribution in [3.8, 4) is 0 Å². The Labute approximate surface area is 140 Å². The molecule has 0 aromatic carbocycles. The zero-order valence-corrected chi connectivity index (χ0v) is 14.7. The van der Waals surface area contributed by atoms with Crippen LogP contribution >= 0.6 is 0 Å². The molecule has 0 amide bonds. The van der Waals surface area contributed by atoms with Crippen molar-refractivity contribution in [1.82, 2.24) is 5.32 Å². The smallest absolute Gasteiger partial charge is 0.550 e. The second kappa shape index (κ2) is 18.0. The van der Waals surface area contributed by atoms with Gasteiger partial charge in [0.2, 0.25) is 0 Å². The summed E-state index contributed by atoms with van der Waals surface area (Å²) in [5, 5.41) is 13.1. The zero-order valence-electron chi connectivity index (χ0n) is 12.7. The van der Waals surface area contributed by atoms with Crippen LogP contribution in [0.5, 0.6) is 0 Å². The molecular formula is C15H28NNaO2. The van der Waals surface area contributed by atoms with Gasteiger partial charge in [-0.1, -0.05) is 57.9 Å². The molecule has 1 N–H and O–H groups in total. The van der Waals surface area contributed by atoms with E-state index in [0.717, 1.165) is 6.42 Å². The first-order valence-corrected chi connectivity index (χ1v) is 7.35. The molecule has 0 atom stereocenters. The molecule has 0 aliphatic rings. The summed E-state index contributed by atoms with van der Waals surface area (Å²) < 4.78 is 0. The van der Waals surface area contributed by atoms with Gasteiger partial charge in [0, 0.05) is 18.9 Å². The monoisotopic (exact) mass is 277 g/mol. The summed E-state index contributed by atoms with van der Waals surface area (Å²) >= 11 is 0. The van der Waals surface area contributed by atoms with Gasteiger partial charge in [0.1, 0.15) is 0 Å². The van der Waals surface area contributed by atoms with Gasteiger partial charge in [0.25, 0.3) is 0 Å². The number of allylic oxidation sites excluding steroid dienone is 1. The summed E-state index contributed by atoms with van der Waals surface area (Å²) in [6.45, 7) is 2.70. The summed E-state index contributed by atoms with van der Waals surface area (Å²) in [4.78, 5) is 10.1. The molecule has 0 aromatic rings. The average Bonchev–Trinajstić information content (AvgIpc) is 2.34. The first kappa shape index (κ1) is 21.3. The van der Waals surface area contributed by atoms with Crippen molar-refractivity contribution in [2.45, 2.75) is 71.1 Å². The molecule has 4 heteroatoms. The van der Waals surface area contributed by atoms with Gasteiger partial charge in [-0.2, -0.15) is 0 Å². The Bertz CT molecular complexity index is 220. The van der Waals surface area contributed by atoms with Crippen molar-refractivity contribution >= 4 is 5.97 Å². The molecule has 0 radical (unpaired) electrons. The van der Waals surface area contributed by atoms with Gasteiger partial charge in [0.15, 0.2) is 0 Å². The number of carbonyl (C=O) groups is 1. The van der Waals surface area contributed by atoms with Crippen LogP contribution in [0.2, 0.25) is 0 Å². The molecule has 0 rings (SSSR count). The van der Waals surface area contributed by atoms with Gasteiger partial charge in [-0.3, -0.25) is 0 Å². The summed E-state index contributed by atoms with van der Waals surface area (Å²) in [5.41, 5.74) is 0. The molecule has 0 aliphatic heterocycles. The number of hydrogen-bond donors (Lipinski definition) is 1. The zero-order chi connectivity index (χ0) is 13.5. The number of aliphatic carboxylic acids is 1. The van der Waals surface area contributed by atoms with E-state index in [2.05, 4.69) is 18.3 Å². The standard InChI is InChI=1S/C15H29NO2.Na/c1-2-3-4-5-6-7-8-9-10-11-13-16-14-12-15(17)18;/h11,13,16H,2-10,12,14H2,1H3,(H,17,18);/q;+1/p-1. The fourth-order valence-corrected chi connectivity index (χ4v) is 1.82. The Kier molecular flexibility index (Phi) is 20.2.